The minimum atomic E-state index is -3.74. The Kier molecular flexibility index (Phi) is 8.35. The van der Waals surface area contributed by atoms with Crippen LogP contribution in [-0.2, 0) is 10.0 Å². The first-order chi connectivity index (χ1) is 14.9. The number of carbonyl (C=O) groups excluding carboxylic acids is 1. The molecule has 0 spiro atoms. The summed E-state index contributed by atoms with van der Waals surface area (Å²) in [5.41, 5.74) is 0.539. The van der Waals surface area contributed by atoms with Crippen LogP contribution in [-0.4, -0.2) is 44.9 Å². The van der Waals surface area contributed by atoms with Crippen molar-refractivity contribution in [2.45, 2.75) is 50.0 Å². The van der Waals surface area contributed by atoms with Crippen LogP contribution >= 0.6 is 11.6 Å². The summed E-state index contributed by atoms with van der Waals surface area (Å²) in [5.74, 6) is -0.309. The molecular formula is C23H30ClN3O3S. The Labute approximate surface area is 190 Å². The highest BCUT2D eigenvalue weighted by Gasteiger charge is 2.20. The fourth-order valence-corrected chi connectivity index (χ4v) is 5.25. The van der Waals surface area contributed by atoms with E-state index in [-0.39, 0.29) is 27.1 Å². The zero-order valence-corrected chi connectivity index (χ0v) is 19.4. The van der Waals surface area contributed by atoms with Gasteiger partial charge in [-0.3, -0.25) is 9.52 Å². The van der Waals surface area contributed by atoms with Gasteiger partial charge in [0.05, 0.1) is 15.5 Å². The van der Waals surface area contributed by atoms with Gasteiger partial charge in [0.15, 0.2) is 0 Å². The number of hydrogen-bond acceptors (Lipinski definition) is 4. The van der Waals surface area contributed by atoms with Crippen molar-refractivity contribution in [2.24, 2.45) is 0 Å². The van der Waals surface area contributed by atoms with E-state index in [2.05, 4.69) is 21.9 Å². The van der Waals surface area contributed by atoms with E-state index in [0.29, 0.717) is 12.6 Å². The monoisotopic (exact) mass is 463 g/mol. The lowest BCUT2D eigenvalue weighted by molar-refractivity contribution is 0.0947. The Bertz CT molecular complexity index is 983. The molecule has 0 saturated carbocycles. The Balaban J connectivity index is 1.57. The average Bonchev–Trinajstić information content (AvgIpc) is 2.78. The third kappa shape index (κ3) is 6.45. The van der Waals surface area contributed by atoms with Gasteiger partial charge < -0.3 is 10.2 Å². The van der Waals surface area contributed by atoms with Crippen molar-refractivity contribution in [1.29, 1.82) is 0 Å². The molecule has 31 heavy (non-hydrogen) atoms. The third-order valence-corrected chi connectivity index (χ3v) is 7.37. The molecule has 0 radical (unpaired) electrons. The molecule has 6 nitrogen and oxygen atoms in total. The van der Waals surface area contributed by atoms with Gasteiger partial charge >= 0.3 is 0 Å². The van der Waals surface area contributed by atoms with Crippen LogP contribution in [0.3, 0.4) is 0 Å². The molecular weight excluding hydrogens is 434 g/mol. The van der Waals surface area contributed by atoms with E-state index < -0.39 is 10.0 Å². The fourth-order valence-electron chi connectivity index (χ4n) is 3.97. The SMILES string of the molecule is CC[C@@H]1CCCCN1CCCNC(=O)c1cc(NS(=O)(=O)c2ccccc2)ccc1Cl. The van der Waals surface area contributed by atoms with Gasteiger partial charge in [-0.15, -0.1) is 0 Å². The van der Waals surface area contributed by atoms with Gasteiger partial charge in [0.25, 0.3) is 15.9 Å². The van der Waals surface area contributed by atoms with Crippen LogP contribution in [0.1, 0.15) is 49.4 Å². The predicted molar refractivity (Wildman–Crippen MR) is 125 cm³/mol. The number of sulfonamides is 1. The predicted octanol–water partition coefficient (Wildman–Crippen LogP) is 4.53. The number of halogens is 1. The number of nitrogens with zero attached hydrogens (tertiary/aromatic N) is 1. The van der Waals surface area contributed by atoms with Gasteiger partial charge in [-0.2, -0.15) is 0 Å². The summed E-state index contributed by atoms with van der Waals surface area (Å²) in [4.78, 5) is 15.3. The van der Waals surface area contributed by atoms with Crippen molar-refractivity contribution < 1.29 is 13.2 Å². The maximum absolute atomic E-state index is 12.6. The number of piperidine rings is 1. The number of hydrogen-bond donors (Lipinski definition) is 2. The van der Waals surface area contributed by atoms with Crippen molar-refractivity contribution in [3.63, 3.8) is 0 Å². The largest absolute Gasteiger partial charge is 0.352 e. The summed E-state index contributed by atoms with van der Waals surface area (Å²) in [5, 5.41) is 3.19. The number of nitrogens with one attached hydrogen (secondary N) is 2. The molecule has 1 amide bonds. The highest BCUT2D eigenvalue weighted by Crippen LogP contribution is 2.23. The van der Waals surface area contributed by atoms with E-state index in [0.717, 1.165) is 25.9 Å². The summed E-state index contributed by atoms with van der Waals surface area (Å²) < 4.78 is 27.6. The van der Waals surface area contributed by atoms with Gasteiger partial charge in [0, 0.05) is 24.8 Å². The molecule has 3 rings (SSSR count). The molecule has 0 unspecified atom stereocenters. The molecule has 1 atom stereocenters. The van der Waals surface area contributed by atoms with Crippen molar-refractivity contribution in [2.75, 3.05) is 24.4 Å². The number of carbonyl (C=O) groups is 1. The normalized spacial score (nSPS) is 17.3. The van der Waals surface area contributed by atoms with Crippen molar-refractivity contribution >= 4 is 33.2 Å². The minimum absolute atomic E-state index is 0.152. The molecule has 1 fully saturated rings. The molecule has 2 N–H and O–H groups in total. The first kappa shape index (κ1) is 23.6. The molecule has 1 heterocycles. The second kappa shape index (κ2) is 11.0. The summed E-state index contributed by atoms with van der Waals surface area (Å²) in [6, 6.07) is 13.3. The Hall–Kier alpha value is -2.09. The molecule has 0 aromatic heterocycles. The van der Waals surface area contributed by atoms with Gasteiger partial charge in [0.1, 0.15) is 0 Å². The summed E-state index contributed by atoms with van der Waals surface area (Å²) in [7, 11) is -3.74. The topological polar surface area (TPSA) is 78.5 Å². The number of benzene rings is 2. The minimum Gasteiger partial charge on any atom is -0.352 e. The van der Waals surface area contributed by atoms with Crippen LogP contribution in [0.2, 0.25) is 5.02 Å². The summed E-state index contributed by atoms with van der Waals surface area (Å²) >= 11 is 6.21. The Morgan fingerprint density at radius 3 is 2.68 bits per heavy atom. The quantitative estimate of drug-likeness (QED) is 0.535. The molecule has 0 bridgehead atoms. The summed E-state index contributed by atoms with van der Waals surface area (Å²) in [6.07, 6.45) is 5.82. The average molecular weight is 464 g/mol. The maximum atomic E-state index is 12.6. The van der Waals surface area contributed by atoms with E-state index in [1.54, 1.807) is 24.3 Å². The second-order valence-electron chi connectivity index (χ2n) is 7.82. The number of anilines is 1. The lowest BCUT2D eigenvalue weighted by Crippen LogP contribution is -2.40. The van der Waals surface area contributed by atoms with Crippen LogP contribution in [0, 0.1) is 0 Å². The van der Waals surface area contributed by atoms with Gasteiger partial charge in [-0.05, 0) is 62.6 Å². The van der Waals surface area contributed by atoms with E-state index in [9.17, 15) is 13.2 Å². The number of amides is 1. The van der Waals surface area contributed by atoms with Crippen LogP contribution in [0.15, 0.2) is 53.4 Å². The third-order valence-electron chi connectivity index (χ3n) is 5.64. The van der Waals surface area contributed by atoms with Crippen LogP contribution < -0.4 is 10.0 Å². The Morgan fingerprint density at radius 2 is 1.94 bits per heavy atom. The van der Waals surface area contributed by atoms with Crippen molar-refractivity contribution in [1.82, 2.24) is 10.2 Å². The lowest BCUT2D eigenvalue weighted by Gasteiger charge is -2.35. The molecule has 168 valence electrons. The fraction of sp³-hybridized carbons (Fsp3) is 0.435. The first-order valence-corrected chi connectivity index (χ1v) is 12.7. The van der Waals surface area contributed by atoms with E-state index in [4.69, 9.17) is 11.6 Å². The maximum Gasteiger partial charge on any atom is 0.261 e. The molecule has 2 aromatic rings. The molecule has 1 saturated heterocycles. The summed E-state index contributed by atoms with van der Waals surface area (Å²) in [6.45, 7) is 4.86. The van der Waals surface area contributed by atoms with Gasteiger partial charge in [-0.25, -0.2) is 8.42 Å². The highest BCUT2D eigenvalue weighted by atomic mass is 35.5. The first-order valence-electron chi connectivity index (χ1n) is 10.8. The molecule has 1 aliphatic rings. The van der Waals surface area contributed by atoms with Crippen LogP contribution in [0.5, 0.6) is 0 Å². The Morgan fingerprint density at radius 1 is 1.16 bits per heavy atom. The van der Waals surface area contributed by atoms with Crippen LogP contribution in [0.25, 0.3) is 0 Å². The molecule has 8 heteroatoms. The number of likely N-dealkylation sites (tertiary alicyclic amines) is 1. The number of rotatable bonds is 9. The van der Waals surface area contributed by atoms with Crippen molar-refractivity contribution in [3.8, 4) is 0 Å². The standard InChI is InChI=1S/C23H30ClN3O3S/c1-2-19-9-6-7-15-27(19)16-8-14-25-23(28)21-17-18(12-13-22(21)24)26-31(29,30)20-10-4-3-5-11-20/h3-5,10-13,17,19,26H,2,6-9,14-16H2,1H3,(H,25,28)/t19-/m1/s1. The zero-order chi connectivity index (χ0) is 22.3. The molecule has 0 aliphatic carbocycles. The second-order valence-corrected chi connectivity index (χ2v) is 9.91. The van der Waals surface area contributed by atoms with E-state index in [1.165, 1.54) is 43.5 Å². The van der Waals surface area contributed by atoms with Gasteiger partial charge in [-0.1, -0.05) is 43.1 Å². The van der Waals surface area contributed by atoms with E-state index in [1.807, 2.05) is 0 Å². The molecule has 2 aromatic carbocycles. The van der Waals surface area contributed by atoms with Crippen molar-refractivity contribution in [3.05, 3.63) is 59.1 Å². The van der Waals surface area contributed by atoms with E-state index >= 15 is 0 Å². The van der Waals surface area contributed by atoms with Gasteiger partial charge in [0.2, 0.25) is 0 Å². The molecule has 1 aliphatic heterocycles. The van der Waals surface area contributed by atoms with Crippen LogP contribution in [0.4, 0.5) is 5.69 Å². The smallest absolute Gasteiger partial charge is 0.261 e. The zero-order valence-electron chi connectivity index (χ0n) is 17.8. The lowest BCUT2D eigenvalue weighted by atomic mass is 10.00. The highest BCUT2D eigenvalue weighted by molar-refractivity contribution is 7.92.